The fraction of sp³-hybridized carbons (Fsp3) is 0.625. The quantitative estimate of drug-likeness (QED) is 0.538. The lowest BCUT2D eigenvalue weighted by Crippen LogP contribution is -2.28. The van der Waals surface area contributed by atoms with Crippen LogP contribution >= 0.6 is 11.3 Å². The van der Waals surface area contributed by atoms with Crippen molar-refractivity contribution in [2.75, 3.05) is 20.2 Å². The first-order valence-electron chi connectivity index (χ1n) is 10.5. The van der Waals surface area contributed by atoms with Crippen LogP contribution in [-0.2, 0) is 4.74 Å². The molecule has 0 radical (unpaired) electrons. The largest absolute Gasteiger partial charge is 0.465 e. The van der Waals surface area contributed by atoms with Gasteiger partial charge in [-0.05, 0) is 70.1 Å². The smallest absolute Gasteiger partial charge is 0.348 e. The average molecular weight is 400 g/mol. The van der Waals surface area contributed by atoms with Crippen molar-refractivity contribution in [3.63, 3.8) is 0 Å². The Labute approximate surface area is 173 Å². The maximum absolute atomic E-state index is 12.5. The zero-order valence-electron chi connectivity index (χ0n) is 17.9. The van der Waals surface area contributed by atoms with Crippen LogP contribution in [0, 0.1) is 29.1 Å². The summed E-state index contributed by atoms with van der Waals surface area (Å²) in [6.45, 7) is 10.5. The number of methoxy groups -OCH3 is 1. The van der Waals surface area contributed by atoms with Gasteiger partial charge < -0.3 is 10.1 Å². The molecule has 0 amide bonds. The predicted octanol–water partition coefficient (Wildman–Crippen LogP) is 5.51. The van der Waals surface area contributed by atoms with E-state index in [-0.39, 0.29) is 11.4 Å². The Bertz CT molecular complexity index is 808. The number of carbonyl (C=O) groups is 1. The molecule has 1 aromatic rings. The molecule has 4 heteroatoms. The summed E-state index contributed by atoms with van der Waals surface area (Å²) in [5.74, 6) is 7.82. The molecule has 152 valence electrons. The van der Waals surface area contributed by atoms with Crippen LogP contribution in [0.4, 0.5) is 0 Å². The topological polar surface area (TPSA) is 38.3 Å². The van der Waals surface area contributed by atoms with Gasteiger partial charge in [0.15, 0.2) is 0 Å². The third kappa shape index (κ3) is 5.07. The molecule has 1 aliphatic carbocycles. The first-order valence-corrected chi connectivity index (χ1v) is 11.3. The number of nitrogens with one attached hydrogen (secondary N) is 1. The molecule has 0 bridgehead atoms. The molecule has 3 nitrogen and oxygen atoms in total. The van der Waals surface area contributed by atoms with Crippen molar-refractivity contribution >= 4 is 22.9 Å². The number of carbonyl (C=O) groups excluding carboxylic acids is 1. The molecule has 28 heavy (non-hydrogen) atoms. The van der Waals surface area contributed by atoms with E-state index in [0.29, 0.717) is 10.8 Å². The zero-order chi connectivity index (χ0) is 20.3. The van der Waals surface area contributed by atoms with Crippen LogP contribution in [0.25, 0.3) is 5.57 Å². The Balaban J connectivity index is 2.04. The molecule has 0 spiro atoms. The van der Waals surface area contributed by atoms with Crippen LogP contribution in [0.1, 0.15) is 79.9 Å². The maximum Gasteiger partial charge on any atom is 0.348 e. The third-order valence-electron chi connectivity index (χ3n) is 5.76. The third-order valence-corrected chi connectivity index (χ3v) is 6.79. The number of hydrogen-bond donors (Lipinski definition) is 1. The van der Waals surface area contributed by atoms with Crippen LogP contribution in [0.5, 0.6) is 0 Å². The molecule has 0 atom stereocenters. The van der Waals surface area contributed by atoms with Gasteiger partial charge in [-0.3, -0.25) is 0 Å². The Morgan fingerprint density at radius 3 is 2.61 bits per heavy atom. The highest BCUT2D eigenvalue weighted by atomic mass is 32.1. The molecule has 2 aliphatic rings. The highest BCUT2D eigenvalue weighted by molar-refractivity contribution is 7.14. The molecular weight excluding hydrogens is 366 g/mol. The van der Waals surface area contributed by atoms with Crippen LogP contribution in [0.3, 0.4) is 0 Å². The van der Waals surface area contributed by atoms with Gasteiger partial charge in [0.2, 0.25) is 0 Å². The van der Waals surface area contributed by atoms with Gasteiger partial charge in [-0.1, -0.05) is 37.2 Å². The Hall–Kier alpha value is -1.57. The number of thiophene rings is 1. The number of ether oxygens (including phenoxy) is 1. The van der Waals surface area contributed by atoms with Crippen LogP contribution in [0.2, 0.25) is 0 Å². The minimum Gasteiger partial charge on any atom is -0.465 e. The van der Waals surface area contributed by atoms with Crippen molar-refractivity contribution in [1.29, 1.82) is 0 Å². The SMILES string of the molecule is COC(=O)c1sc(C#CC(C)(C)C)cc1C1=C(C2CCC(C)CC2)CCNC1. The molecule has 1 N–H and O–H groups in total. The van der Waals surface area contributed by atoms with Gasteiger partial charge in [0.05, 0.1) is 12.0 Å². The van der Waals surface area contributed by atoms with E-state index in [1.165, 1.54) is 49.7 Å². The van der Waals surface area contributed by atoms with E-state index >= 15 is 0 Å². The zero-order valence-corrected chi connectivity index (χ0v) is 18.7. The summed E-state index contributed by atoms with van der Waals surface area (Å²) in [5, 5.41) is 3.52. The van der Waals surface area contributed by atoms with E-state index in [2.05, 4.69) is 50.9 Å². The number of rotatable bonds is 3. The molecule has 1 fully saturated rings. The highest BCUT2D eigenvalue weighted by Gasteiger charge is 2.28. The van der Waals surface area contributed by atoms with Crippen LogP contribution in [-0.4, -0.2) is 26.2 Å². The first-order chi connectivity index (χ1) is 13.3. The van der Waals surface area contributed by atoms with E-state index in [1.54, 1.807) is 5.57 Å². The van der Waals surface area contributed by atoms with Gasteiger partial charge in [-0.2, -0.15) is 0 Å². The highest BCUT2D eigenvalue weighted by Crippen LogP contribution is 2.40. The summed E-state index contributed by atoms with van der Waals surface area (Å²) in [6, 6.07) is 2.11. The van der Waals surface area contributed by atoms with Gasteiger partial charge in [0.25, 0.3) is 0 Å². The van der Waals surface area contributed by atoms with E-state index in [0.717, 1.165) is 35.9 Å². The van der Waals surface area contributed by atoms with E-state index in [4.69, 9.17) is 4.74 Å². The molecule has 1 saturated carbocycles. The molecule has 1 aliphatic heterocycles. The lowest BCUT2D eigenvalue weighted by Gasteiger charge is -2.32. The summed E-state index contributed by atoms with van der Waals surface area (Å²) in [6.07, 6.45) is 6.24. The van der Waals surface area contributed by atoms with Gasteiger partial charge in [0.1, 0.15) is 4.88 Å². The van der Waals surface area contributed by atoms with Gasteiger partial charge in [0, 0.05) is 17.5 Å². The van der Waals surface area contributed by atoms with Crippen LogP contribution in [0.15, 0.2) is 11.6 Å². The Kier molecular flexibility index (Phi) is 6.68. The standard InChI is InChI=1S/C24H33NO2S/c1-16-6-8-17(9-7-16)19-11-13-25-15-21(19)20-14-18(10-12-24(2,3)4)28-22(20)23(26)27-5/h14,16-17,25H,6-9,11,13,15H2,1-5H3. The average Bonchev–Trinajstić information content (AvgIpc) is 3.10. The summed E-state index contributed by atoms with van der Waals surface area (Å²) < 4.78 is 5.10. The molecule has 0 saturated heterocycles. The summed E-state index contributed by atoms with van der Waals surface area (Å²) in [4.78, 5) is 14.2. The van der Waals surface area contributed by atoms with E-state index in [1.807, 2.05) is 0 Å². The number of hydrogen-bond acceptors (Lipinski definition) is 4. The van der Waals surface area contributed by atoms with Gasteiger partial charge >= 0.3 is 5.97 Å². The fourth-order valence-electron chi connectivity index (χ4n) is 4.20. The maximum atomic E-state index is 12.5. The van der Waals surface area contributed by atoms with Crippen molar-refractivity contribution in [3.05, 3.63) is 27.0 Å². The predicted molar refractivity (Wildman–Crippen MR) is 118 cm³/mol. The summed E-state index contributed by atoms with van der Waals surface area (Å²) in [7, 11) is 1.46. The number of esters is 1. The summed E-state index contributed by atoms with van der Waals surface area (Å²) in [5.41, 5.74) is 3.84. The minimum atomic E-state index is -0.251. The van der Waals surface area contributed by atoms with Gasteiger partial charge in [-0.15, -0.1) is 11.3 Å². The fourth-order valence-corrected chi connectivity index (χ4v) is 5.16. The molecular formula is C24H33NO2S. The second-order valence-corrected chi connectivity index (χ2v) is 10.3. The van der Waals surface area contributed by atoms with Crippen molar-refractivity contribution < 1.29 is 9.53 Å². The van der Waals surface area contributed by atoms with Crippen LogP contribution < -0.4 is 5.32 Å². The van der Waals surface area contributed by atoms with Crippen molar-refractivity contribution in [2.45, 2.75) is 59.8 Å². The summed E-state index contributed by atoms with van der Waals surface area (Å²) >= 11 is 1.47. The molecule has 0 unspecified atom stereocenters. The molecule has 3 rings (SSSR count). The Morgan fingerprint density at radius 2 is 1.96 bits per heavy atom. The Morgan fingerprint density at radius 1 is 1.25 bits per heavy atom. The molecule has 2 heterocycles. The van der Waals surface area contributed by atoms with E-state index in [9.17, 15) is 4.79 Å². The van der Waals surface area contributed by atoms with Crippen molar-refractivity contribution in [3.8, 4) is 11.8 Å². The second kappa shape index (κ2) is 8.84. The molecule has 0 aromatic carbocycles. The first kappa shape index (κ1) is 21.1. The normalized spacial score (nSPS) is 23.2. The lowest BCUT2D eigenvalue weighted by atomic mass is 9.75. The van der Waals surface area contributed by atoms with Gasteiger partial charge in [-0.25, -0.2) is 4.79 Å². The molecule has 1 aromatic heterocycles. The minimum absolute atomic E-state index is 0.0643. The van der Waals surface area contributed by atoms with Crippen molar-refractivity contribution in [2.24, 2.45) is 17.3 Å². The second-order valence-electron chi connectivity index (χ2n) is 9.23. The monoisotopic (exact) mass is 399 g/mol. The van der Waals surface area contributed by atoms with Crippen molar-refractivity contribution in [1.82, 2.24) is 5.32 Å². The van der Waals surface area contributed by atoms with E-state index < -0.39 is 0 Å². The lowest BCUT2D eigenvalue weighted by molar-refractivity contribution is 0.0606.